The Bertz CT molecular complexity index is 471. The molecule has 1 aromatic rings. The van der Waals surface area contributed by atoms with E-state index in [9.17, 15) is 17.6 Å². The van der Waals surface area contributed by atoms with E-state index in [-0.39, 0.29) is 0 Å². The largest absolute Gasteiger partial charge is 0.419 e. The molecular formula is C15H20F4N2. The van der Waals surface area contributed by atoms with Gasteiger partial charge in [0, 0.05) is 19.1 Å². The highest BCUT2D eigenvalue weighted by atomic mass is 19.4. The third-order valence-corrected chi connectivity index (χ3v) is 3.91. The monoisotopic (exact) mass is 304 g/mol. The number of alkyl halides is 3. The van der Waals surface area contributed by atoms with Crippen molar-refractivity contribution in [2.75, 3.05) is 20.1 Å². The van der Waals surface area contributed by atoms with Gasteiger partial charge in [-0.25, -0.2) is 4.39 Å². The highest BCUT2D eigenvalue weighted by molar-refractivity contribution is 5.27. The van der Waals surface area contributed by atoms with Crippen molar-refractivity contribution in [3.05, 3.63) is 35.1 Å². The molecular weight excluding hydrogens is 284 g/mol. The Morgan fingerprint density at radius 1 is 1.29 bits per heavy atom. The maximum Gasteiger partial charge on any atom is 0.419 e. The van der Waals surface area contributed by atoms with Gasteiger partial charge in [0.2, 0.25) is 0 Å². The first-order chi connectivity index (χ1) is 9.91. The molecule has 1 aliphatic rings. The van der Waals surface area contributed by atoms with Crippen molar-refractivity contribution in [2.45, 2.75) is 38.0 Å². The minimum absolute atomic E-state index is 0.322. The minimum atomic E-state index is -4.65. The van der Waals surface area contributed by atoms with E-state index < -0.39 is 17.6 Å². The summed E-state index contributed by atoms with van der Waals surface area (Å²) in [7, 11) is 1.87. The predicted octanol–water partition coefficient (Wildman–Crippen LogP) is 3.42. The molecule has 1 saturated heterocycles. The van der Waals surface area contributed by atoms with Crippen molar-refractivity contribution in [2.24, 2.45) is 0 Å². The first-order valence-corrected chi connectivity index (χ1v) is 7.16. The Labute approximate surface area is 122 Å². The molecule has 0 saturated carbocycles. The fourth-order valence-electron chi connectivity index (χ4n) is 2.86. The first-order valence-electron chi connectivity index (χ1n) is 7.16. The van der Waals surface area contributed by atoms with Gasteiger partial charge < -0.3 is 5.32 Å². The molecule has 118 valence electrons. The number of hydrogen-bond donors (Lipinski definition) is 1. The lowest BCUT2D eigenvalue weighted by atomic mass is 10.0. The topological polar surface area (TPSA) is 15.3 Å². The zero-order chi connectivity index (χ0) is 15.5. The van der Waals surface area contributed by atoms with Gasteiger partial charge in [0.25, 0.3) is 0 Å². The average Bonchev–Trinajstić information content (AvgIpc) is 2.42. The first kappa shape index (κ1) is 16.2. The molecule has 1 N–H and O–H groups in total. The van der Waals surface area contributed by atoms with Gasteiger partial charge in [-0.15, -0.1) is 0 Å². The molecule has 1 heterocycles. The molecule has 1 aliphatic heterocycles. The normalized spacial score (nSPS) is 20.7. The van der Waals surface area contributed by atoms with Gasteiger partial charge in [0.05, 0.1) is 5.56 Å². The summed E-state index contributed by atoms with van der Waals surface area (Å²) in [6.07, 6.45) is -1.42. The SMILES string of the molecule is CNCC1CCCCN1Cc1ccc(F)c(C(F)(F)F)c1. The lowest BCUT2D eigenvalue weighted by Crippen LogP contribution is -2.44. The van der Waals surface area contributed by atoms with Crippen LogP contribution in [0.15, 0.2) is 18.2 Å². The fraction of sp³-hybridized carbons (Fsp3) is 0.600. The molecule has 1 aromatic carbocycles. The van der Waals surface area contributed by atoms with E-state index in [4.69, 9.17) is 0 Å². The van der Waals surface area contributed by atoms with Crippen LogP contribution in [-0.4, -0.2) is 31.1 Å². The number of nitrogens with zero attached hydrogens (tertiary/aromatic N) is 1. The summed E-state index contributed by atoms with van der Waals surface area (Å²) in [6.45, 7) is 2.11. The molecule has 0 aromatic heterocycles. The zero-order valence-corrected chi connectivity index (χ0v) is 12.0. The number of likely N-dealkylation sites (N-methyl/N-ethyl adjacent to an activating group) is 1. The van der Waals surface area contributed by atoms with Crippen LogP contribution in [0.25, 0.3) is 0 Å². The Morgan fingerprint density at radius 2 is 2.05 bits per heavy atom. The van der Waals surface area contributed by atoms with Gasteiger partial charge >= 0.3 is 6.18 Å². The van der Waals surface area contributed by atoms with Crippen LogP contribution in [0.4, 0.5) is 17.6 Å². The Morgan fingerprint density at radius 3 is 2.71 bits per heavy atom. The van der Waals surface area contributed by atoms with Crippen LogP contribution in [0.3, 0.4) is 0 Å². The van der Waals surface area contributed by atoms with Gasteiger partial charge in [-0.05, 0) is 44.1 Å². The minimum Gasteiger partial charge on any atom is -0.318 e. The predicted molar refractivity (Wildman–Crippen MR) is 73.4 cm³/mol. The second kappa shape index (κ2) is 6.75. The number of piperidine rings is 1. The maximum atomic E-state index is 13.3. The standard InChI is InChI=1S/C15H20F4N2/c1-20-9-12-4-2-3-7-21(12)10-11-5-6-14(16)13(8-11)15(17,18)19/h5-6,8,12,20H,2-4,7,9-10H2,1H3. The number of hydrogen-bond acceptors (Lipinski definition) is 2. The van der Waals surface area contributed by atoms with Crippen LogP contribution in [0, 0.1) is 5.82 Å². The summed E-state index contributed by atoms with van der Waals surface area (Å²) in [5, 5.41) is 3.12. The van der Waals surface area contributed by atoms with Gasteiger partial charge in [0.15, 0.2) is 0 Å². The summed E-state index contributed by atoms with van der Waals surface area (Å²) in [4.78, 5) is 2.17. The molecule has 21 heavy (non-hydrogen) atoms. The highest BCUT2D eigenvalue weighted by Gasteiger charge is 2.34. The second-order valence-corrected chi connectivity index (χ2v) is 5.49. The van der Waals surface area contributed by atoms with Crippen molar-refractivity contribution in [3.8, 4) is 0 Å². The van der Waals surface area contributed by atoms with Gasteiger partial charge in [-0.1, -0.05) is 12.5 Å². The summed E-state index contributed by atoms with van der Waals surface area (Å²) < 4.78 is 51.5. The fourth-order valence-corrected chi connectivity index (χ4v) is 2.86. The van der Waals surface area contributed by atoms with E-state index in [0.717, 1.165) is 44.5 Å². The van der Waals surface area contributed by atoms with Crippen molar-refractivity contribution < 1.29 is 17.6 Å². The number of likely N-dealkylation sites (tertiary alicyclic amines) is 1. The summed E-state index contributed by atoms with van der Waals surface area (Å²) in [6, 6.07) is 3.61. The van der Waals surface area contributed by atoms with Crippen LogP contribution >= 0.6 is 0 Å². The molecule has 0 radical (unpaired) electrons. The van der Waals surface area contributed by atoms with E-state index in [2.05, 4.69) is 10.2 Å². The maximum absolute atomic E-state index is 13.3. The lowest BCUT2D eigenvalue weighted by molar-refractivity contribution is -0.140. The molecule has 6 heteroatoms. The Balaban J connectivity index is 2.15. The summed E-state index contributed by atoms with van der Waals surface area (Å²) in [5.74, 6) is -1.21. The van der Waals surface area contributed by atoms with E-state index in [1.807, 2.05) is 7.05 Å². The van der Waals surface area contributed by atoms with Crippen molar-refractivity contribution in [3.63, 3.8) is 0 Å². The number of nitrogens with one attached hydrogen (secondary N) is 1. The lowest BCUT2D eigenvalue weighted by Gasteiger charge is -2.35. The highest BCUT2D eigenvalue weighted by Crippen LogP contribution is 2.32. The molecule has 0 amide bonds. The quantitative estimate of drug-likeness (QED) is 0.858. The smallest absolute Gasteiger partial charge is 0.318 e. The van der Waals surface area contributed by atoms with E-state index in [1.165, 1.54) is 6.07 Å². The molecule has 1 unspecified atom stereocenters. The van der Waals surface area contributed by atoms with Crippen molar-refractivity contribution in [1.82, 2.24) is 10.2 Å². The summed E-state index contributed by atoms with van der Waals surface area (Å²) in [5.41, 5.74) is -0.672. The molecule has 2 nitrogen and oxygen atoms in total. The number of rotatable bonds is 4. The molecule has 1 atom stereocenters. The average molecular weight is 304 g/mol. The number of benzene rings is 1. The van der Waals surface area contributed by atoms with Crippen molar-refractivity contribution >= 4 is 0 Å². The van der Waals surface area contributed by atoms with Gasteiger partial charge in [-0.2, -0.15) is 13.2 Å². The van der Waals surface area contributed by atoms with Crippen LogP contribution in [-0.2, 0) is 12.7 Å². The molecule has 0 spiro atoms. The van der Waals surface area contributed by atoms with Crippen LogP contribution in [0.1, 0.15) is 30.4 Å². The molecule has 2 rings (SSSR count). The summed E-state index contributed by atoms with van der Waals surface area (Å²) >= 11 is 0. The third kappa shape index (κ3) is 4.17. The molecule has 0 aliphatic carbocycles. The molecule has 1 fully saturated rings. The number of halogens is 4. The zero-order valence-electron chi connectivity index (χ0n) is 12.0. The van der Waals surface area contributed by atoms with Crippen molar-refractivity contribution in [1.29, 1.82) is 0 Å². The Hall–Kier alpha value is -1.14. The van der Waals surface area contributed by atoms with Crippen LogP contribution in [0.2, 0.25) is 0 Å². The third-order valence-electron chi connectivity index (χ3n) is 3.91. The van der Waals surface area contributed by atoms with Gasteiger partial charge in [-0.3, -0.25) is 4.90 Å². The van der Waals surface area contributed by atoms with Crippen LogP contribution in [0.5, 0.6) is 0 Å². The Kier molecular flexibility index (Phi) is 5.22. The van der Waals surface area contributed by atoms with E-state index in [1.54, 1.807) is 0 Å². The molecule has 0 bridgehead atoms. The van der Waals surface area contributed by atoms with E-state index in [0.29, 0.717) is 18.2 Å². The van der Waals surface area contributed by atoms with Crippen LogP contribution < -0.4 is 5.32 Å². The van der Waals surface area contributed by atoms with Gasteiger partial charge in [0.1, 0.15) is 5.82 Å². The van der Waals surface area contributed by atoms with E-state index >= 15 is 0 Å². The second-order valence-electron chi connectivity index (χ2n) is 5.49.